The van der Waals surface area contributed by atoms with Crippen molar-refractivity contribution < 1.29 is 5.11 Å². The summed E-state index contributed by atoms with van der Waals surface area (Å²) in [5.74, 6) is 0.855. The van der Waals surface area contributed by atoms with Crippen molar-refractivity contribution in [3.8, 4) is 0 Å². The molecule has 0 spiro atoms. The highest BCUT2D eigenvalue weighted by molar-refractivity contribution is 4.69. The molecule has 1 aliphatic rings. The number of nitrogens with zero attached hydrogens (tertiary/aromatic N) is 1. The molecule has 0 saturated carbocycles. The fourth-order valence-corrected chi connectivity index (χ4v) is 1.81. The molecule has 1 atom stereocenters. The minimum absolute atomic E-state index is 0.101. The second-order valence-corrected chi connectivity index (χ2v) is 4.41. The molecule has 0 radical (unpaired) electrons. The fraction of sp³-hybridized carbons (Fsp3) is 1.00. The Morgan fingerprint density at radius 2 is 2.07 bits per heavy atom. The smallest absolute Gasteiger partial charge is 0.0931 e. The molecule has 3 nitrogen and oxygen atoms in total. The first-order valence-corrected chi connectivity index (χ1v) is 6.28. The van der Waals surface area contributed by atoms with Gasteiger partial charge in [-0.25, -0.2) is 0 Å². The molecule has 0 unspecified atom stereocenters. The highest BCUT2D eigenvalue weighted by Crippen LogP contribution is 2.14. The minimum Gasteiger partial charge on any atom is -0.381 e. The molecule has 2 N–H and O–H groups in total. The van der Waals surface area contributed by atoms with Gasteiger partial charge in [-0.05, 0) is 25.3 Å². The maximum atomic E-state index is 8.52. The van der Waals surface area contributed by atoms with E-state index in [-0.39, 0.29) is 6.73 Å². The molecule has 0 aromatic heterocycles. The van der Waals surface area contributed by atoms with Gasteiger partial charge in [0.25, 0.3) is 0 Å². The minimum atomic E-state index is 0.101. The third-order valence-electron chi connectivity index (χ3n) is 2.46. The summed E-state index contributed by atoms with van der Waals surface area (Å²) in [6.45, 7) is 11.1. The predicted molar refractivity (Wildman–Crippen MR) is 65.9 cm³/mol. The predicted octanol–water partition coefficient (Wildman–Crippen LogP) is 1.67. The van der Waals surface area contributed by atoms with Crippen molar-refractivity contribution in [1.29, 1.82) is 0 Å². The van der Waals surface area contributed by atoms with E-state index < -0.39 is 0 Å². The largest absolute Gasteiger partial charge is 0.381 e. The lowest BCUT2D eigenvalue weighted by atomic mass is 10.0. The summed E-state index contributed by atoms with van der Waals surface area (Å²) in [6.07, 6.45) is 3.96. The Kier molecular flexibility index (Phi) is 10.3. The molecule has 0 bridgehead atoms. The van der Waals surface area contributed by atoms with Crippen molar-refractivity contribution in [2.24, 2.45) is 5.92 Å². The molecular formula is C12H28N2O. The van der Waals surface area contributed by atoms with Crippen LogP contribution in [0.25, 0.3) is 0 Å². The first kappa shape index (κ1) is 14.9. The zero-order valence-electron chi connectivity index (χ0n) is 10.6. The van der Waals surface area contributed by atoms with Crippen molar-refractivity contribution in [2.75, 3.05) is 32.9 Å². The van der Waals surface area contributed by atoms with Gasteiger partial charge in [-0.2, -0.15) is 0 Å². The third-order valence-corrected chi connectivity index (χ3v) is 2.46. The normalized spacial score (nSPS) is 22.0. The number of hydrogen-bond donors (Lipinski definition) is 2. The number of nitrogens with one attached hydrogen (secondary N) is 1. The molecule has 1 saturated heterocycles. The Morgan fingerprint density at radius 3 is 2.60 bits per heavy atom. The Morgan fingerprint density at radius 1 is 1.40 bits per heavy atom. The van der Waals surface area contributed by atoms with Crippen LogP contribution in [0, 0.1) is 5.92 Å². The van der Waals surface area contributed by atoms with Crippen LogP contribution in [-0.4, -0.2) is 42.9 Å². The van der Waals surface area contributed by atoms with Crippen molar-refractivity contribution in [2.45, 2.75) is 40.0 Å². The Bertz CT molecular complexity index is 131. The van der Waals surface area contributed by atoms with Gasteiger partial charge in [0, 0.05) is 19.6 Å². The van der Waals surface area contributed by atoms with Crippen LogP contribution in [0.1, 0.15) is 40.0 Å². The van der Waals surface area contributed by atoms with E-state index in [1.54, 1.807) is 0 Å². The monoisotopic (exact) mass is 216 g/mol. The number of aliphatic hydroxyl groups excluding tert-OH is 1. The second kappa shape index (κ2) is 10.4. The lowest BCUT2D eigenvalue weighted by molar-refractivity contribution is 0.176. The number of rotatable bonds is 4. The summed E-state index contributed by atoms with van der Waals surface area (Å²) in [5.41, 5.74) is 0. The Hall–Kier alpha value is -0.120. The van der Waals surface area contributed by atoms with E-state index in [1.807, 2.05) is 0 Å². The van der Waals surface area contributed by atoms with Crippen LogP contribution in [0.15, 0.2) is 0 Å². The van der Waals surface area contributed by atoms with Crippen molar-refractivity contribution >= 4 is 0 Å². The van der Waals surface area contributed by atoms with Gasteiger partial charge in [0.15, 0.2) is 0 Å². The SMILES string of the molecule is CCC.C[C@@H]1CCCN(CCNCO)C1. The number of aliphatic hydroxyl groups is 1. The van der Waals surface area contributed by atoms with Crippen LogP contribution in [0.4, 0.5) is 0 Å². The average molecular weight is 216 g/mol. The summed E-state index contributed by atoms with van der Waals surface area (Å²) in [5, 5.41) is 11.4. The number of hydrogen-bond acceptors (Lipinski definition) is 3. The lowest BCUT2D eigenvalue weighted by Crippen LogP contribution is -2.38. The molecule has 3 heteroatoms. The van der Waals surface area contributed by atoms with Crippen LogP contribution >= 0.6 is 0 Å². The van der Waals surface area contributed by atoms with Crippen molar-refractivity contribution in [3.05, 3.63) is 0 Å². The van der Waals surface area contributed by atoms with Gasteiger partial charge in [-0.1, -0.05) is 27.2 Å². The van der Waals surface area contributed by atoms with Crippen LogP contribution in [0.5, 0.6) is 0 Å². The molecule has 1 rings (SSSR count). The quantitative estimate of drug-likeness (QED) is 0.554. The maximum Gasteiger partial charge on any atom is 0.0931 e. The molecule has 1 aliphatic heterocycles. The number of piperidine rings is 1. The van der Waals surface area contributed by atoms with Gasteiger partial charge < -0.3 is 10.0 Å². The van der Waals surface area contributed by atoms with E-state index in [0.29, 0.717) is 0 Å². The van der Waals surface area contributed by atoms with Gasteiger partial charge in [0.05, 0.1) is 6.73 Å². The average Bonchev–Trinajstić information content (AvgIpc) is 2.19. The molecule has 0 aliphatic carbocycles. The molecule has 1 fully saturated rings. The first-order valence-electron chi connectivity index (χ1n) is 6.28. The van der Waals surface area contributed by atoms with Gasteiger partial charge in [-0.3, -0.25) is 5.32 Å². The molecule has 0 aromatic carbocycles. The van der Waals surface area contributed by atoms with Crippen LogP contribution in [-0.2, 0) is 0 Å². The Balaban J connectivity index is 0.000000583. The molecule has 92 valence electrons. The zero-order valence-corrected chi connectivity index (χ0v) is 10.6. The fourth-order valence-electron chi connectivity index (χ4n) is 1.81. The van der Waals surface area contributed by atoms with E-state index in [2.05, 4.69) is 31.0 Å². The van der Waals surface area contributed by atoms with Crippen molar-refractivity contribution in [1.82, 2.24) is 10.2 Å². The second-order valence-electron chi connectivity index (χ2n) is 4.41. The summed E-state index contributed by atoms with van der Waals surface area (Å²) in [6, 6.07) is 0. The highest BCUT2D eigenvalue weighted by atomic mass is 16.3. The molecule has 15 heavy (non-hydrogen) atoms. The summed E-state index contributed by atoms with van der Waals surface area (Å²) in [4.78, 5) is 2.47. The van der Waals surface area contributed by atoms with Crippen LogP contribution in [0.2, 0.25) is 0 Å². The van der Waals surface area contributed by atoms with Crippen LogP contribution in [0.3, 0.4) is 0 Å². The highest BCUT2D eigenvalue weighted by Gasteiger charge is 2.14. The molecule has 0 amide bonds. The third kappa shape index (κ3) is 8.85. The van der Waals surface area contributed by atoms with E-state index in [9.17, 15) is 0 Å². The van der Waals surface area contributed by atoms with E-state index >= 15 is 0 Å². The van der Waals surface area contributed by atoms with Gasteiger partial charge in [-0.15, -0.1) is 0 Å². The maximum absolute atomic E-state index is 8.52. The summed E-state index contributed by atoms with van der Waals surface area (Å²) in [7, 11) is 0. The molecule has 1 heterocycles. The topological polar surface area (TPSA) is 35.5 Å². The number of likely N-dealkylation sites (tertiary alicyclic amines) is 1. The molecular weight excluding hydrogens is 188 g/mol. The standard InChI is InChI=1S/C9H20N2O.C3H8/c1-9-3-2-5-11(7-9)6-4-10-8-12;1-3-2/h9-10,12H,2-8H2,1H3;3H2,1-2H3/t9-;/m1./s1. The summed E-state index contributed by atoms with van der Waals surface area (Å²) < 4.78 is 0. The van der Waals surface area contributed by atoms with Gasteiger partial charge in [0.2, 0.25) is 0 Å². The Labute approximate surface area is 94.9 Å². The van der Waals surface area contributed by atoms with E-state index in [0.717, 1.165) is 19.0 Å². The molecule has 0 aromatic rings. The van der Waals surface area contributed by atoms with Gasteiger partial charge in [0.1, 0.15) is 0 Å². The van der Waals surface area contributed by atoms with Gasteiger partial charge >= 0.3 is 0 Å². The zero-order chi connectivity index (χ0) is 11.5. The van der Waals surface area contributed by atoms with Crippen molar-refractivity contribution in [3.63, 3.8) is 0 Å². The van der Waals surface area contributed by atoms with E-state index in [1.165, 1.54) is 32.4 Å². The van der Waals surface area contributed by atoms with E-state index in [4.69, 9.17) is 5.11 Å². The van der Waals surface area contributed by atoms with Crippen LogP contribution < -0.4 is 5.32 Å². The summed E-state index contributed by atoms with van der Waals surface area (Å²) >= 11 is 0. The first-order chi connectivity index (χ1) is 7.24. The lowest BCUT2D eigenvalue weighted by Gasteiger charge is -2.30.